The first-order valence-corrected chi connectivity index (χ1v) is 10.3. The fourth-order valence-corrected chi connectivity index (χ4v) is 3.79. The minimum Gasteiger partial charge on any atom is -0.468 e. The van der Waals surface area contributed by atoms with Crippen LogP contribution >= 0.6 is 11.3 Å². The van der Waals surface area contributed by atoms with E-state index in [9.17, 15) is 9.59 Å². The van der Waals surface area contributed by atoms with Crippen LogP contribution in [0.25, 0.3) is 0 Å². The molecule has 0 saturated carbocycles. The van der Waals surface area contributed by atoms with Crippen molar-refractivity contribution in [1.82, 2.24) is 10.2 Å². The third-order valence-electron chi connectivity index (χ3n) is 4.48. The van der Waals surface area contributed by atoms with Crippen LogP contribution in [0.4, 0.5) is 5.69 Å². The van der Waals surface area contributed by atoms with E-state index in [1.165, 1.54) is 0 Å². The van der Waals surface area contributed by atoms with Gasteiger partial charge in [-0.25, -0.2) is 0 Å². The van der Waals surface area contributed by atoms with Crippen molar-refractivity contribution in [3.8, 4) is 0 Å². The van der Waals surface area contributed by atoms with Gasteiger partial charge in [-0.1, -0.05) is 24.3 Å². The standard InChI is InChI=1S/C22H25N3O3S/c1-16-6-3-7-17(2)22(16)24-20(26)12-23-21(27)15-25(13-18-8-4-10-28-18)14-19-9-5-11-29-19/h3-11H,12-15H2,1-2H3,(H,23,27)(H,24,26). The van der Waals surface area contributed by atoms with Gasteiger partial charge in [-0.05, 0) is 48.6 Å². The van der Waals surface area contributed by atoms with Gasteiger partial charge in [0.2, 0.25) is 11.8 Å². The molecule has 2 aromatic heterocycles. The first-order chi connectivity index (χ1) is 14.0. The van der Waals surface area contributed by atoms with Gasteiger partial charge in [0.1, 0.15) is 5.76 Å². The van der Waals surface area contributed by atoms with Gasteiger partial charge in [-0.2, -0.15) is 0 Å². The lowest BCUT2D eigenvalue weighted by Crippen LogP contribution is -2.40. The summed E-state index contributed by atoms with van der Waals surface area (Å²) in [5, 5.41) is 7.60. The Bertz CT molecular complexity index is 880. The Labute approximate surface area is 174 Å². The van der Waals surface area contributed by atoms with Crippen molar-refractivity contribution in [1.29, 1.82) is 0 Å². The largest absolute Gasteiger partial charge is 0.468 e. The summed E-state index contributed by atoms with van der Waals surface area (Å²) in [7, 11) is 0. The highest BCUT2D eigenvalue weighted by atomic mass is 32.1. The smallest absolute Gasteiger partial charge is 0.243 e. The Hall–Kier alpha value is -2.90. The number of hydrogen-bond donors (Lipinski definition) is 2. The highest BCUT2D eigenvalue weighted by molar-refractivity contribution is 7.09. The fraction of sp³-hybridized carbons (Fsp3) is 0.273. The molecule has 2 N–H and O–H groups in total. The van der Waals surface area contributed by atoms with Crippen LogP contribution in [0.5, 0.6) is 0 Å². The summed E-state index contributed by atoms with van der Waals surface area (Å²) < 4.78 is 5.42. The number of anilines is 1. The second-order valence-corrected chi connectivity index (χ2v) is 7.93. The molecule has 2 amide bonds. The molecule has 0 spiro atoms. The molecule has 7 heteroatoms. The van der Waals surface area contributed by atoms with E-state index in [4.69, 9.17) is 4.42 Å². The lowest BCUT2D eigenvalue weighted by molar-refractivity contribution is -0.125. The molecule has 0 bridgehead atoms. The lowest BCUT2D eigenvalue weighted by atomic mass is 10.1. The van der Waals surface area contributed by atoms with Crippen LogP contribution in [0.1, 0.15) is 21.8 Å². The number of aryl methyl sites for hydroxylation is 2. The Balaban J connectivity index is 1.53. The van der Waals surface area contributed by atoms with Crippen LogP contribution in [0.2, 0.25) is 0 Å². The quantitative estimate of drug-likeness (QED) is 0.563. The van der Waals surface area contributed by atoms with Gasteiger partial charge in [0.15, 0.2) is 0 Å². The molecule has 6 nitrogen and oxygen atoms in total. The van der Waals surface area contributed by atoms with E-state index >= 15 is 0 Å². The third-order valence-corrected chi connectivity index (χ3v) is 5.34. The van der Waals surface area contributed by atoms with Crippen molar-refractivity contribution < 1.29 is 14.0 Å². The predicted molar refractivity (Wildman–Crippen MR) is 115 cm³/mol. The number of benzene rings is 1. The molecule has 0 atom stereocenters. The van der Waals surface area contributed by atoms with Gasteiger partial charge in [0, 0.05) is 17.1 Å². The molecule has 0 radical (unpaired) electrons. The van der Waals surface area contributed by atoms with Crippen LogP contribution in [0.3, 0.4) is 0 Å². The second-order valence-electron chi connectivity index (χ2n) is 6.90. The highest BCUT2D eigenvalue weighted by Crippen LogP contribution is 2.19. The minimum atomic E-state index is -0.244. The molecule has 2 heterocycles. The molecule has 0 aliphatic rings. The molecule has 0 fully saturated rings. The number of furan rings is 1. The van der Waals surface area contributed by atoms with Gasteiger partial charge in [0.05, 0.1) is 25.9 Å². The topological polar surface area (TPSA) is 74.6 Å². The summed E-state index contributed by atoms with van der Waals surface area (Å²) >= 11 is 1.65. The van der Waals surface area contributed by atoms with Crippen molar-refractivity contribution >= 4 is 28.8 Å². The number of rotatable bonds is 9. The number of nitrogens with one attached hydrogen (secondary N) is 2. The van der Waals surface area contributed by atoms with Crippen LogP contribution in [-0.4, -0.2) is 29.8 Å². The van der Waals surface area contributed by atoms with Gasteiger partial charge in [-0.15, -0.1) is 11.3 Å². The molecule has 0 unspecified atom stereocenters. The molecule has 1 aromatic carbocycles. The molecule has 0 aliphatic heterocycles. The third kappa shape index (κ3) is 6.30. The SMILES string of the molecule is Cc1cccc(C)c1NC(=O)CNC(=O)CN(Cc1ccco1)Cc1cccs1. The summed E-state index contributed by atoms with van der Waals surface area (Å²) in [6, 6.07) is 13.6. The van der Waals surface area contributed by atoms with E-state index in [1.54, 1.807) is 17.6 Å². The minimum absolute atomic E-state index is 0.0692. The Kier molecular flexibility index (Phi) is 7.21. The average molecular weight is 412 g/mol. The van der Waals surface area contributed by atoms with Crippen molar-refractivity contribution in [2.45, 2.75) is 26.9 Å². The average Bonchev–Trinajstić information content (AvgIpc) is 3.37. The van der Waals surface area contributed by atoms with E-state index in [0.29, 0.717) is 13.1 Å². The molecule has 0 saturated heterocycles. The van der Waals surface area contributed by atoms with E-state index in [0.717, 1.165) is 27.5 Å². The summed E-state index contributed by atoms with van der Waals surface area (Å²) in [5.74, 6) is 0.346. The maximum absolute atomic E-state index is 12.4. The fourth-order valence-electron chi connectivity index (χ4n) is 3.05. The highest BCUT2D eigenvalue weighted by Gasteiger charge is 2.15. The van der Waals surface area contributed by atoms with Crippen molar-refractivity contribution in [3.63, 3.8) is 0 Å². The molecule has 152 valence electrons. The van der Waals surface area contributed by atoms with Crippen LogP contribution in [0, 0.1) is 13.8 Å². The lowest BCUT2D eigenvalue weighted by Gasteiger charge is -2.20. The van der Waals surface area contributed by atoms with Crippen LogP contribution in [0.15, 0.2) is 58.5 Å². The van der Waals surface area contributed by atoms with Crippen molar-refractivity contribution in [3.05, 3.63) is 75.9 Å². The summed E-state index contributed by atoms with van der Waals surface area (Å²) in [5.41, 5.74) is 2.78. The number of nitrogens with zero attached hydrogens (tertiary/aromatic N) is 1. The van der Waals surface area contributed by atoms with Crippen molar-refractivity contribution in [2.24, 2.45) is 0 Å². The Morgan fingerprint density at radius 3 is 2.45 bits per heavy atom. The second kappa shape index (κ2) is 10.0. The molecule has 29 heavy (non-hydrogen) atoms. The molecule has 0 aliphatic carbocycles. The summed E-state index contributed by atoms with van der Waals surface area (Å²) in [6.45, 7) is 5.15. The van der Waals surface area contributed by atoms with Crippen LogP contribution in [-0.2, 0) is 22.7 Å². The van der Waals surface area contributed by atoms with Gasteiger partial charge < -0.3 is 15.1 Å². The first-order valence-electron chi connectivity index (χ1n) is 9.41. The first kappa shape index (κ1) is 20.8. The zero-order valence-electron chi connectivity index (χ0n) is 16.6. The zero-order chi connectivity index (χ0) is 20.6. The number of carbonyl (C=O) groups excluding carboxylic acids is 2. The number of thiophene rings is 1. The number of carbonyl (C=O) groups is 2. The van der Waals surface area contributed by atoms with E-state index in [2.05, 4.69) is 10.6 Å². The van der Waals surface area contributed by atoms with Crippen LogP contribution < -0.4 is 10.6 Å². The van der Waals surface area contributed by atoms with E-state index in [-0.39, 0.29) is 24.9 Å². The van der Waals surface area contributed by atoms with Gasteiger partial charge in [0.25, 0.3) is 0 Å². The molecule has 3 rings (SSSR count). The number of hydrogen-bond acceptors (Lipinski definition) is 5. The van der Waals surface area contributed by atoms with Gasteiger partial charge >= 0.3 is 0 Å². The van der Waals surface area contributed by atoms with E-state index in [1.807, 2.05) is 66.6 Å². The van der Waals surface area contributed by atoms with Gasteiger partial charge in [-0.3, -0.25) is 14.5 Å². The maximum atomic E-state index is 12.4. The number of amides is 2. The normalized spacial score (nSPS) is 10.9. The molecular formula is C22H25N3O3S. The molecular weight excluding hydrogens is 386 g/mol. The molecule has 3 aromatic rings. The summed E-state index contributed by atoms with van der Waals surface area (Å²) in [4.78, 5) is 27.9. The summed E-state index contributed by atoms with van der Waals surface area (Å²) in [6.07, 6.45) is 1.62. The monoisotopic (exact) mass is 411 g/mol. The number of para-hydroxylation sites is 1. The predicted octanol–water partition coefficient (Wildman–Crippen LogP) is 3.72. The maximum Gasteiger partial charge on any atom is 0.243 e. The Morgan fingerprint density at radius 1 is 1.00 bits per heavy atom. The zero-order valence-corrected chi connectivity index (χ0v) is 17.4. The van der Waals surface area contributed by atoms with E-state index < -0.39 is 0 Å². The Morgan fingerprint density at radius 2 is 1.79 bits per heavy atom. The van der Waals surface area contributed by atoms with Crippen molar-refractivity contribution in [2.75, 3.05) is 18.4 Å².